The van der Waals surface area contributed by atoms with Crippen LogP contribution in [-0.4, -0.2) is 18.5 Å². The van der Waals surface area contributed by atoms with Crippen molar-refractivity contribution in [3.8, 4) is 0 Å². The van der Waals surface area contributed by atoms with Crippen LogP contribution < -0.4 is 5.32 Å². The predicted octanol–water partition coefficient (Wildman–Crippen LogP) is 2.89. The van der Waals surface area contributed by atoms with Crippen molar-refractivity contribution in [2.24, 2.45) is 22.1 Å². The first kappa shape index (κ1) is 13.0. The van der Waals surface area contributed by atoms with Gasteiger partial charge in [-0.1, -0.05) is 42.5 Å². The number of allylic oxidation sites excluding steroid dienone is 1. The molecule has 2 aliphatic rings. The van der Waals surface area contributed by atoms with Gasteiger partial charge in [0, 0.05) is 5.92 Å². The molecule has 0 saturated heterocycles. The Labute approximate surface area is 119 Å². The Kier molecular flexibility index (Phi) is 3.63. The van der Waals surface area contributed by atoms with Crippen molar-refractivity contribution < 1.29 is 4.79 Å². The van der Waals surface area contributed by atoms with Crippen LogP contribution in [0.3, 0.4) is 0 Å². The van der Waals surface area contributed by atoms with Crippen molar-refractivity contribution >= 4 is 5.91 Å². The van der Waals surface area contributed by atoms with Crippen LogP contribution in [0.4, 0.5) is 0 Å². The molecule has 1 heterocycles. The second-order valence-corrected chi connectivity index (χ2v) is 5.52. The molecule has 4 nitrogen and oxygen atoms in total. The molecule has 3 rings (SSSR count). The molecule has 0 aromatic heterocycles. The maximum Gasteiger partial charge on any atom is 0.229 e. The van der Waals surface area contributed by atoms with Gasteiger partial charge in [0.1, 0.15) is 0 Å². The Balaban J connectivity index is 1.68. The van der Waals surface area contributed by atoms with E-state index < -0.39 is 0 Å². The third-order valence-electron chi connectivity index (χ3n) is 4.13. The lowest BCUT2D eigenvalue weighted by atomic mass is 9.82. The van der Waals surface area contributed by atoms with Crippen LogP contribution in [0.1, 0.15) is 24.9 Å². The number of benzene rings is 1. The first-order valence-corrected chi connectivity index (χ1v) is 7.14. The highest BCUT2D eigenvalue weighted by Gasteiger charge is 2.37. The van der Waals surface area contributed by atoms with Gasteiger partial charge in [0.05, 0.1) is 24.5 Å². The number of fused-ring (bicyclic) bond motifs is 1. The first-order valence-electron chi connectivity index (χ1n) is 7.14. The molecule has 1 aromatic rings. The summed E-state index contributed by atoms with van der Waals surface area (Å²) in [6, 6.07) is 10.0. The summed E-state index contributed by atoms with van der Waals surface area (Å²) in [6.07, 6.45) is 5.06. The minimum Gasteiger partial charge on any atom is -0.349 e. The fourth-order valence-electron chi connectivity index (χ4n) is 2.92. The minimum absolute atomic E-state index is 0.0100. The third kappa shape index (κ3) is 2.50. The van der Waals surface area contributed by atoms with Gasteiger partial charge in [0.25, 0.3) is 0 Å². The molecule has 104 valence electrons. The normalized spacial score (nSPS) is 28.9. The molecule has 1 N–H and O–H groups in total. The molecule has 0 fully saturated rings. The van der Waals surface area contributed by atoms with Gasteiger partial charge in [0.15, 0.2) is 0 Å². The van der Waals surface area contributed by atoms with Crippen LogP contribution in [0.15, 0.2) is 52.7 Å². The van der Waals surface area contributed by atoms with E-state index in [0.29, 0.717) is 5.92 Å². The predicted molar refractivity (Wildman–Crippen MR) is 77.2 cm³/mol. The van der Waals surface area contributed by atoms with Crippen LogP contribution in [0, 0.1) is 11.8 Å². The Morgan fingerprint density at radius 3 is 2.95 bits per heavy atom. The molecule has 1 aliphatic carbocycles. The highest BCUT2D eigenvalue weighted by atomic mass is 16.2. The van der Waals surface area contributed by atoms with Crippen molar-refractivity contribution in [2.75, 3.05) is 6.54 Å². The average molecular weight is 269 g/mol. The average Bonchev–Trinajstić information content (AvgIpc) is 2.96. The summed E-state index contributed by atoms with van der Waals surface area (Å²) in [5, 5.41) is 11.4. The molecule has 0 bridgehead atoms. The van der Waals surface area contributed by atoms with Gasteiger partial charge in [-0.15, -0.1) is 0 Å². The van der Waals surface area contributed by atoms with Crippen molar-refractivity contribution in [1.82, 2.24) is 5.32 Å². The number of carbonyl (C=O) groups is 1. The van der Waals surface area contributed by atoms with E-state index in [9.17, 15) is 4.79 Å². The van der Waals surface area contributed by atoms with Gasteiger partial charge < -0.3 is 5.32 Å². The number of rotatable bonds is 3. The maximum atomic E-state index is 12.5. The minimum atomic E-state index is -0.175. The molecule has 0 spiro atoms. The molecule has 4 heteroatoms. The van der Waals surface area contributed by atoms with E-state index in [2.05, 4.69) is 21.6 Å². The van der Waals surface area contributed by atoms with Crippen molar-refractivity contribution in [1.29, 1.82) is 0 Å². The first-order chi connectivity index (χ1) is 9.75. The van der Waals surface area contributed by atoms with Gasteiger partial charge in [-0.3, -0.25) is 4.79 Å². The molecule has 0 radical (unpaired) electrons. The van der Waals surface area contributed by atoms with E-state index in [0.717, 1.165) is 18.5 Å². The van der Waals surface area contributed by atoms with E-state index >= 15 is 0 Å². The Hall–Kier alpha value is -1.97. The lowest BCUT2D eigenvalue weighted by Crippen LogP contribution is -2.40. The third-order valence-corrected chi connectivity index (χ3v) is 4.13. The fourth-order valence-corrected chi connectivity index (χ4v) is 2.92. The smallest absolute Gasteiger partial charge is 0.229 e. The molecule has 4 atom stereocenters. The van der Waals surface area contributed by atoms with Crippen molar-refractivity contribution in [3.05, 3.63) is 48.0 Å². The van der Waals surface area contributed by atoms with Crippen LogP contribution >= 0.6 is 0 Å². The summed E-state index contributed by atoms with van der Waals surface area (Å²) in [6.45, 7) is 2.76. The van der Waals surface area contributed by atoms with E-state index in [1.807, 2.05) is 43.3 Å². The molecular formula is C16H19N3O. The number of azo groups is 1. The van der Waals surface area contributed by atoms with Crippen LogP contribution in [0.2, 0.25) is 0 Å². The SMILES string of the molecule is C[C@@H](NC(=O)C1C=CCC2CN=NC21)c1ccccc1. The Morgan fingerprint density at radius 1 is 1.35 bits per heavy atom. The van der Waals surface area contributed by atoms with Gasteiger partial charge in [0.2, 0.25) is 5.91 Å². The molecule has 0 saturated carbocycles. The van der Waals surface area contributed by atoms with Gasteiger partial charge >= 0.3 is 0 Å². The van der Waals surface area contributed by atoms with Crippen LogP contribution in [0.5, 0.6) is 0 Å². The fraction of sp³-hybridized carbons (Fsp3) is 0.438. The summed E-state index contributed by atoms with van der Waals surface area (Å²) < 4.78 is 0. The van der Waals surface area contributed by atoms with Crippen LogP contribution in [-0.2, 0) is 4.79 Å². The number of nitrogens with one attached hydrogen (secondary N) is 1. The summed E-state index contributed by atoms with van der Waals surface area (Å²) in [5.41, 5.74) is 1.12. The standard InChI is InChI=1S/C16H19N3O/c1-11(12-6-3-2-4-7-12)18-16(20)14-9-5-8-13-10-17-19-15(13)14/h2-7,9,11,13-15H,8,10H2,1H3,(H,18,20)/t11-,13?,14?,15?/m1/s1. The molecule has 3 unspecified atom stereocenters. The molecule has 1 aliphatic heterocycles. The maximum absolute atomic E-state index is 12.5. The summed E-state index contributed by atoms with van der Waals surface area (Å²) >= 11 is 0. The molecule has 1 amide bonds. The Morgan fingerprint density at radius 2 is 2.15 bits per heavy atom. The summed E-state index contributed by atoms with van der Waals surface area (Å²) in [7, 11) is 0. The highest BCUT2D eigenvalue weighted by molar-refractivity contribution is 5.82. The second kappa shape index (κ2) is 5.57. The lowest BCUT2D eigenvalue weighted by molar-refractivity contribution is -0.125. The van der Waals surface area contributed by atoms with E-state index in [1.54, 1.807) is 0 Å². The number of hydrogen-bond donors (Lipinski definition) is 1. The number of amides is 1. The number of hydrogen-bond acceptors (Lipinski definition) is 3. The van der Waals surface area contributed by atoms with Crippen molar-refractivity contribution in [2.45, 2.75) is 25.4 Å². The largest absolute Gasteiger partial charge is 0.349 e. The van der Waals surface area contributed by atoms with Gasteiger partial charge in [-0.2, -0.15) is 10.2 Å². The zero-order valence-electron chi connectivity index (χ0n) is 11.6. The summed E-state index contributed by atoms with van der Waals surface area (Å²) in [5.74, 6) is 0.280. The second-order valence-electron chi connectivity index (χ2n) is 5.52. The van der Waals surface area contributed by atoms with Crippen LogP contribution in [0.25, 0.3) is 0 Å². The molecule has 20 heavy (non-hydrogen) atoms. The number of nitrogens with zero attached hydrogens (tertiary/aromatic N) is 2. The van der Waals surface area contributed by atoms with Gasteiger partial charge in [-0.05, 0) is 18.9 Å². The van der Waals surface area contributed by atoms with E-state index in [1.165, 1.54) is 0 Å². The quantitative estimate of drug-likeness (QED) is 0.843. The Bertz CT molecular complexity index is 538. The topological polar surface area (TPSA) is 53.8 Å². The lowest BCUT2D eigenvalue weighted by Gasteiger charge is -2.27. The van der Waals surface area contributed by atoms with Gasteiger partial charge in [-0.25, -0.2) is 0 Å². The van der Waals surface area contributed by atoms with E-state index in [-0.39, 0.29) is 23.9 Å². The monoisotopic (exact) mass is 269 g/mol. The number of carbonyl (C=O) groups excluding carboxylic acids is 1. The highest BCUT2D eigenvalue weighted by Crippen LogP contribution is 2.32. The molecular weight excluding hydrogens is 250 g/mol. The zero-order valence-corrected chi connectivity index (χ0v) is 11.6. The van der Waals surface area contributed by atoms with E-state index in [4.69, 9.17) is 0 Å². The van der Waals surface area contributed by atoms with Crippen molar-refractivity contribution in [3.63, 3.8) is 0 Å². The zero-order chi connectivity index (χ0) is 13.9. The molecule has 1 aromatic carbocycles. The summed E-state index contributed by atoms with van der Waals surface area (Å²) in [4.78, 5) is 12.5.